The number of benzene rings is 1. The van der Waals surface area contributed by atoms with Crippen molar-refractivity contribution in [3.8, 4) is 0 Å². The molecule has 9 heteroatoms. The Hall–Kier alpha value is -2.32. The first kappa shape index (κ1) is 23.7. The first-order valence-electron chi connectivity index (χ1n) is 9.35. The van der Waals surface area contributed by atoms with E-state index < -0.39 is 0 Å². The Bertz CT molecular complexity index is 683. The molecule has 1 fully saturated rings. The van der Waals surface area contributed by atoms with E-state index >= 15 is 0 Å². The highest BCUT2D eigenvalue weighted by molar-refractivity contribution is 5.97. The number of carbonyl (C=O) groups excluding carboxylic acids is 3. The van der Waals surface area contributed by atoms with Gasteiger partial charge in [-0.2, -0.15) is 0 Å². The van der Waals surface area contributed by atoms with Gasteiger partial charge in [-0.05, 0) is 44.9 Å². The molecule has 8 nitrogen and oxygen atoms in total. The fourth-order valence-corrected chi connectivity index (χ4v) is 3.06. The summed E-state index contributed by atoms with van der Waals surface area (Å²) in [5.74, 6) is -0.412. The van der Waals surface area contributed by atoms with Crippen LogP contribution in [0.1, 0.15) is 37.0 Å². The summed E-state index contributed by atoms with van der Waals surface area (Å²) in [5, 5.41) is 8.26. The Morgan fingerprint density at radius 2 is 2.04 bits per heavy atom. The predicted octanol–water partition coefficient (Wildman–Crippen LogP) is 1.57. The Morgan fingerprint density at radius 1 is 1.29 bits per heavy atom. The van der Waals surface area contributed by atoms with Crippen molar-refractivity contribution in [1.82, 2.24) is 15.5 Å². The van der Waals surface area contributed by atoms with Gasteiger partial charge < -0.3 is 26.6 Å². The fourth-order valence-electron chi connectivity index (χ4n) is 3.06. The van der Waals surface area contributed by atoms with Crippen LogP contribution in [0.15, 0.2) is 24.3 Å². The van der Waals surface area contributed by atoms with Crippen molar-refractivity contribution < 1.29 is 14.4 Å². The maximum atomic E-state index is 12.8. The van der Waals surface area contributed by atoms with Gasteiger partial charge in [0.1, 0.15) is 0 Å². The number of carbonyl (C=O) groups is 3. The van der Waals surface area contributed by atoms with E-state index in [0.29, 0.717) is 37.4 Å². The molecular weight excluding hydrogens is 382 g/mol. The lowest BCUT2D eigenvalue weighted by Gasteiger charge is -2.32. The molecule has 2 rings (SSSR count). The maximum Gasteiger partial charge on any atom is 0.319 e. The van der Waals surface area contributed by atoms with E-state index in [9.17, 15) is 14.4 Å². The summed E-state index contributed by atoms with van der Waals surface area (Å²) in [7, 11) is 0. The zero-order chi connectivity index (χ0) is 19.8. The van der Waals surface area contributed by atoms with E-state index in [4.69, 9.17) is 5.73 Å². The van der Waals surface area contributed by atoms with E-state index in [1.165, 1.54) is 0 Å². The van der Waals surface area contributed by atoms with Gasteiger partial charge in [0.2, 0.25) is 5.91 Å². The molecule has 1 unspecified atom stereocenters. The van der Waals surface area contributed by atoms with Crippen LogP contribution in [0.25, 0.3) is 0 Å². The van der Waals surface area contributed by atoms with Crippen LogP contribution in [0.4, 0.5) is 10.5 Å². The second-order valence-electron chi connectivity index (χ2n) is 7.00. The van der Waals surface area contributed by atoms with Crippen molar-refractivity contribution in [2.75, 3.05) is 31.5 Å². The molecule has 1 aromatic rings. The van der Waals surface area contributed by atoms with E-state index in [1.54, 1.807) is 29.2 Å². The SMILES string of the molecule is CC(C)NC(=O)Nc1cccc(C(=O)N2CCCC(C(=O)NCCN)C2)c1.Cl. The third-order valence-corrected chi connectivity index (χ3v) is 4.31. The minimum atomic E-state index is -0.316. The molecule has 28 heavy (non-hydrogen) atoms. The van der Waals surface area contributed by atoms with E-state index in [1.807, 2.05) is 13.8 Å². The number of urea groups is 1. The molecule has 0 aliphatic carbocycles. The quantitative estimate of drug-likeness (QED) is 0.568. The third-order valence-electron chi connectivity index (χ3n) is 4.31. The number of likely N-dealkylation sites (tertiary alicyclic amines) is 1. The predicted molar refractivity (Wildman–Crippen MR) is 112 cm³/mol. The average Bonchev–Trinajstić information content (AvgIpc) is 2.65. The number of nitrogens with two attached hydrogens (primary N) is 1. The zero-order valence-electron chi connectivity index (χ0n) is 16.4. The van der Waals surface area contributed by atoms with Crippen LogP contribution in [0.3, 0.4) is 0 Å². The molecule has 5 N–H and O–H groups in total. The number of amides is 4. The summed E-state index contributed by atoms with van der Waals surface area (Å²) in [5.41, 5.74) is 6.46. The topological polar surface area (TPSA) is 117 Å². The number of rotatable bonds is 6. The number of anilines is 1. The van der Waals surface area contributed by atoms with Gasteiger partial charge in [-0.3, -0.25) is 9.59 Å². The maximum absolute atomic E-state index is 12.8. The van der Waals surface area contributed by atoms with E-state index in [0.717, 1.165) is 12.8 Å². The molecule has 1 aliphatic heterocycles. The standard InChI is InChI=1S/C19H29N5O3.ClH/c1-13(2)22-19(27)23-16-7-3-5-14(11-16)18(26)24-10-4-6-15(12-24)17(25)21-9-8-20;/h3,5,7,11,13,15H,4,6,8-10,12,20H2,1-2H3,(H,21,25)(H2,22,23,27);1H. The summed E-state index contributed by atoms with van der Waals surface area (Å²) in [6.45, 7) is 5.58. The molecule has 0 radical (unpaired) electrons. The number of nitrogens with zero attached hydrogens (tertiary/aromatic N) is 1. The van der Waals surface area contributed by atoms with Crippen LogP contribution in [0.2, 0.25) is 0 Å². The molecule has 0 spiro atoms. The van der Waals surface area contributed by atoms with Crippen LogP contribution in [-0.4, -0.2) is 55.0 Å². The summed E-state index contributed by atoms with van der Waals surface area (Å²) >= 11 is 0. The van der Waals surface area contributed by atoms with Gasteiger partial charge in [-0.1, -0.05) is 6.07 Å². The second-order valence-corrected chi connectivity index (χ2v) is 7.00. The van der Waals surface area contributed by atoms with E-state index in [-0.39, 0.29) is 42.2 Å². The Morgan fingerprint density at radius 3 is 2.71 bits per heavy atom. The van der Waals surface area contributed by atoms with Crippen LogP contribution < -0.4 is 21.7 Å². The molecule has 0 bridgehead atoms. The lowest BCUT2D eigenvalue weighted by Crippen LogP contribution is -2.46. The summed E-state index contributed by atoms with van der Waals surface area (Å²) in [6, 6.07) is 6.53. The van der Waals surface area contributed by atoms with Crippen molar-refractivity contribution in [2.24, 2.45) is 11.7 Å². The van der Waals surface area contributed by atoms with Gasteiger partial charge in [0.25, 0.3) is 5.91 Å². The van der Waals surface area contributed by atoms with Gasteiger partial charge in [-0.25, -0.2) is 4.79 Å². The second kappa shape index (κ2) is 11.5. The van der Waals surface area contributed by atoms with Gasteiger partial charge in [0.15, 0.2) is 0 Å². The van der Waals surface area contributed by atoms with Gasteiger partial charge in [0.05, 0.1) is 5.92 Å². The zero-order valence-corrected chi connectivity index (χ0v) is 17.2. The van der Waals surface area contributed by atoms with Gasteiger partial charge in [-0.15, -0.1) is 12.4 Å². The van der Waals surface area contributed by atoms with Gasteiger partial charge in [0, 0.05) is 43.5 Å². The molecule has 1 aliphatic rings. The monoisotopic (exact) mass is 411 g/mol. The normalized spacial score (nSPS) is 16.1. The Balaban J connectivity index is 0.00000392. The fraction of sp³-hybridized carbons (Fsp3) is 0.526. The van der Waals surface area contributed by atoms with Crippen molar-refractivity contribution >= 4 is 35.9 Å². The summed E-state index contributed by atoms with van der Waals surface area (Å²) < 4.78 is 0. The van der Waals surface area contributed by atoms with Crippen LogP contribution in [0, 0.1) is 5.92 Å². The molecular formula is C19H30ClN5O3. The molecule has 0 aromatic heterocycles. The van der Waals surface area contributed by atoms with Crippen molar-refractivity contribution in [3.63, 3.8) is 0 Å². The first-order chi connectivity index (χ1) is 12.9. The molecule has 156 valence electrons. The van der Waals surface area contributed by atoms with E-state index in [2.05, 4.69) is 16.0 Å². The number of halogens is 1. The third kappa shape index (κ3) is 7.01. The number of piperidine rings is 1. The highest BCUT2D eigenvalue weighted by Crippen LogP contribution is 2.20. The number of hydrogen-bond acceptors (Lipinski definition) is 4. The summed E-state index contributed by atoms with van der Waals surface area (Å²) in [4.78, 5) is 38.5. The lowest BCUT2D eigenvalue weighted by molar-refractivity contribution is -0.126. The largest absolute Gasteiger partial charge is 0.355 e. The van der Waals surface area contributed by atoms with Gasteiger partial charge >= 0.3 is 6.03 Å². The van der Waals surface area contributed by atoms with Crippen molar-refractivity contribution in [1.29, 1.82) is 0 Å². The van der Waals surface area contributed by atoms with Crippen LogP contribution in [-0.2, 0) is 4.79 Å². The summed E-state index contributed by atoms with van der Waals surface area (Å²) in [6.07, 6.45) is 1.54. The smallest absolute Gasteiger partial charge is 0.319 e. The molecule has 0 saturated carbocycles. The number of nitrogens with one attached hydrogen (secondary N) is 3. The van der Waals surface area contributed by atoms with Crippen molar-refractivity contribution in [3.05, 3.63) is 29.8 Å². The van der Waals surface area contributed by atoms with Crippen LogP contribution >= 0.6 is 12.4 Å². The molecule has 1 atom stereocenters. The van der Waals surface area contributed by atoms with Crippen molar-refractivity contribution in [2.45, 2.75) is 32.7 Å². The highest BCUT2D eigenvalue weighted by Gasteiger charge is 2.28. The minimum Gasteiger partial charge on any atom is -0.355 e. The first-order valence-corrected chi connectivity index (χ1v) is 9.35. The Kier molecular flexibility index (Phi) is 9.75. The lowest BCUT2D eigenvalue weighted by atomic mass is 9.96. The number of hydrogen-bond donors (Lipinski definition) is 4. The molecule has 1 heterocycles. The highest BCUT2D eigenvalue weighted by atomic mass is 35.5. The average molecular weight is 412 g/mol. The molecule has 1 saturated heterocycles. The minimum absolute atomic E-state index is 0. The molecule has 1 aromatic carbocycles. The molecule has 4 amide bonds. The Labute approximate surface area is 172 Å². The van der Waals surface area contributed by atoms with Crippen LogP contribution in [0.5, 0.6) is 0 Å².